The summed E-state index contributed by atoms with van der Waals surface area (Å²) in [6.07, 6.45) is 8.01. The van der Waals surface area contributed by atoms with Crippen molar-refractivity contribution in [3.63, 3.8) is 0 Å². The van der Waals surface area contributed by atoms with E-state index in [1.54, 1.807) is 13.2 Å². The number of hydrogen-bond donors (Lipinski definition) is 0. The van der Waals surface area contributed by atoms with Crippen LogP contribution in [0.15, 0.2) is 17.0 Å². The maximum absolute atomic E-state index is 12.5. The van der Waals surface area contributed by atoms with Gasteiger partial charge in [-0.3, -0.25) is 14.5 Å². The van der Waals surface area contributed by atoms with E-state index in [1.807, 2.05) is 6.07 Å². The molecule has 1 unspecified atom stereocenters. The van der Waals surface area contributed by atoms with Crippen molar-refractivity contribution in [2.24, 2.45) is 0 Å². The van der Waals surface area contributed by atoms with Gasteiger partial charge in [-0.25, -0.2) is 0 Å². The van der Waals surface area contributed by atoms with E-state index in [4.69, 9.17) is 11.2 Å². The Balaban J connectivity index is 2.06. The molecule has 1 aromatic rings. The number of nitrogens with zero attached hydrogens (tertiary/aromatic N) is 2. The quantitative estimate of drug-likeness (QED) is 0.580. The molecular formula is C21H24N2O3S. The molecule has 2 heterocycles. The van der Waals surface area contributed by atoms with Crippen LogP contribution in [0, 0.1) is 12.3 Å². The number of anilines is 1. The largest absolute Gasteiger partial charge is 0.496 e. The second-order valence-electron chi connectivity index (χ2n) is 7.60. The number of terminal acetylenes is 1. The smallest absolute Gasteiger partial charge is 0.294 e. The van der Waals surface area contributed by atoms with Gasteiger partial charge >= 0.3 is 0 Å². The highest BCUT2D eigenvalue weighted by molar-refractivity contribution is 8.18. The van der Waals surface area contributed by atoms with Crippen LogP contribution < -0.4 is 9.64 Å². The van der Waals surface area contributed by atoms with Crippen molar-refractivity contribution in [3.05, 3.63) is 28.2 Å². The van der Waals surface area contributed by atoms with Crippen molar-refractivity contribution in [2.45, 2.75) is 38.6 Å². The molecule has 3 rings (SSSR count). The van der Waals surface area contributed by atoms with Crippen molar-refractivity contribution in [1.82, 2.24) is 4.90 Å². The van der Waals surface area contributed by atoms with E-state index < -0.39 is 0 Å². The van der Waals surface area contributed by atoms with Crippen LogP contribution in [0.1, 0.15) is 44.2 Å². The number of imide groups is 1. The van der Waals surface area contributed by atoms with Crippen LogP contribution >= 0.6 is 11.8 Å². The van der Waals surface area contributed by atoms with Gasteiger partial charge in [0.2, 0.25) is 0 Å². The molecule has 1 fully saturated rings. The van der Waals surface area contributed by atoms with E-state index in [0.717, 1.165) is 34.3 Å². The van der Waals surface area contributed by atoms with E-state index >= 15 is 0 Å². The van der Waals surface area contributed by atoms with Gasteiger partial charge < -0.3 is 9.64 Å². The highest BCUT2D eigenvalue weighted by Gasteiger charge is 2.36. The Kier molecular flexibility index (Phi) is 5.00. The molecule has 142 valence electrons. The minimum absolute atomic E-state index is 0.0136. The molecule has 2 aliphatic heterocycles. The Bertz CT molecular complexity index is 882. The number of methoxy groups -OCH3 is 1. The van der Waals surface area contributed by atoms with Crippen LogP contribution in [0.4, 0.5) is 10.5 Å². The minimum Gasteiger partial charge on any atom is -0.496 e. The Morgan fingerprint density at radius 2 is 2.11 bits per heavy atom. The molecular weight excluding hydrogens is 360 g/mol. The van der Waals surface area contributed by atoms with Crippen LogP contribution in [0.25, 0.3) is 6.08 Å². The average molecular weight is 385 g/mol. The number of benzene rings is 1. The fourth-order valence-corrected chi connectivity index (χ4v) is 4.60. The molecule has 27 heavy (non-hydrogen) atoms. The summed E-state index contributed by atoms with van der Waals surface area (Å²) in [5, 5.41) is -0.337. The lowest BCUT2D eigenvalue weighted by Gasteiger charge is -2.45. The number of carbonyl (C=O) groups excluding carboxylic acids is 2. The SMILES string of the molecule is C#CCN1C(=O)S/C(=C/c2cc3c(cc2OC)N(C)C(C)(C)CC3C)C1=O. The van der Waals surface area contributed by atoms with E-state index in [9.17, 15) is 9.59 Å². The molecule has 0 N–H and O–H groups in total. The Morgan fingerprint density at radius 3 is 2.74 bits per heavy atom. The highest BCUT2D eigenvalue weighted by Crippen LogP contribution is 2.45. The fourth-order valence-electron chi connectivity index (χ4n) is 3.77. The second-order valence-corrected chi connectivity index (χ2v) is 8.59. The topological polar surface area (TPSA) is 49.9 Å². The van der Waals surface area contributed by atoms with E-state index in [0.29, 0.717) is 16.6 Å². The van der Waals surface area contributed by atoms with Crippen LogP contribution in [0.3, 0.4) is 0 Å². The summed E-state index contributed by atoms with van der Waals surface area (Å²) in [7, 11) is 3.70. The zero-order valence-corrected chi connectivity index (χ0v) is 17.1. The van der Waals surface area contributed by atoms with E-state index in [-0.39, 0.29) is 23.2 Å². The van der Waals surface area contributed by atoms with Gasteiger partial charge in [-0.1, -0.05) is 12.8 Å². The van der Waals surface area contributed by atoms with Crippen molar-refractivity contribution in [2.75, 3.05) is 25.6 Å². The van der Waals surface area contributed by atoms with Crippen LogP contribution in [0.5, 0.6) is 5.75 Å². The summed E-state index contributed by atoms with van der Waals surface area (Å²) in [5.74, 6) is 3.05. The van der Waals surface area contributed by atoms with E-state index in [1.165, 1.54) is 5.56 Å². The highest BCUT2D eigenvalue weighted by atomic mass is 32.2. The first-order valence-corrected chi connectivity index (χ1v) is 9.66. The van der Waals surface area contributed by atoms with Gasteiger partial charge in [-0.15, -0.1) is 6.42 Å². The summed E-state index contributed by atoms with van der Waals surface area (Å²) in [5.41, 5.74) is 3.19. The third-order valence-corrected chi connectivity index (χ3v) is 6.30. The van der Waals surface area contributed by atoms with Crippen molar-refractivity contribution in [3.8, 4) is 18.1 Å². The number of fused-ring (bicyclic) bond motifs is 1. The first-order chi connectivity index (χ1) is 12.7. The van der Waals surface area contributed by atoms with Gasteiger partial charge in [0.25, 0.3) is 11.1 Å². The number of rotatable bonds is 3. The third kappa shape index (κ3) is 3.32. The molecule has 1 atom stereocenters. The molecule has 0 radical (unpaired) electrons. The number of thioether (sulfide) groups is 1. The normalized spacial score (nSPS) is 22.8. The van der Waals surface area contributed by atoms with Crippen molar-refractivity contribution in [1.29, 1.82) is 0 Å². The Hall–Kier alpha value is -2.39. The van der Waals surface area contributed by atoms with Gasteiger partial charge in [-0.05, 0) is 55.7 Å². The van der Waals surface area contributed by atoms with Crippen LogP contribution in [-0.2, 0) is 4.79 Å². The van der Waals surface area contributed by atoms with E-state index in [2.05, 4.69) is 44.7 Å². The number of amides is 2. The Morgan fingerprint density at radius 1 is 1.41 bits per heavy atom. The van der Waals surface area contributed by atoms with Gasteiger partial charge in [0, 0.05) is 29.9 Å². The number of hydrogen-bond acceptors (Lipinski definition) is 5. The molecule has 0 aromatic heterocycles. The predicted molar refractivity (Wildman–Crippen MR) is 110 cm³/mol. The maximum atomic E-state index is 12.5. The standard InChI is InChI=1S/C21H24N2O3S/c1-7-8-23-19(24)18(27-20(23)25)10-14-9-15-13(2)12-21(3,4)22(5)16(15)11-17(14)26-6/h1,9-11,13H,8,12H2,2-6H3/b18-10+. The summed E-state index contributed by atoms with van der Waals surface area (Å²) in [6, 6.07) is 4.09. The van der Waals surface area contributed by atoms with Crippen molar-refractivity contribution >= 4 is 34.7 Å². The van der Waals surface area contributed by atoms with Gasteiger partial charge in [0.15, 0.2) is 0 Å². The monoisotopic (exact) mass is 384 g/mol. The first kappa shape index (κ1) is 19.4. The minimum atomic E-state index is -0.353. The van der Waals surface area contributed by atoms with Crippen LogP contribution in [0.2, 0.25) is 0 Å². The zero-order valence-electron chi connectivity index (χ0n) is 16.3. The molecule has 1 saturated heterocycles. The zero-order chi connectivity index (χ0) is 19.9. The molecule has 0 saturated carbocycles. The predicted octanol–water partition coefficient (Wildman–Crippen LogP) is 4.09. The maximum Gasteiger partial charge on any atom is 0.294 e. The molecule has 5 nitrogen and oxygen atoms in total. The summed E-state index contributed by atoms with van der Waals surface area (Å²) in [4.78, 5) is 28.2. The Labute approximate surface area is 164 Å². The lowest BCUT2D eigenvalue weighted by molar-refractivity contribution is -0.122. The lowest BCUT2D eigenvalue weighted by Crippen LogP contribution is -2.45. The number of carbonyl (C=O) groups is 2. The summed E-state index contributed by atoms with van der Waals surface area (Å²) >= 11 is 0.911. The van der Waals surface area contributed by atoms with Gasteiger partial charge in [0.05, 0.1) is 18.6 Å². The van der Waals surface area contributed by atoms with Gasteiger partial charge in [0.1, 0.15) is 5.75 Å². The molecule has 0 spiro atoms. The summed E-state index contributed by atoms with van der Waals surface area (Å²) in [6.45, 7) is 6.66. The average Bonchev–Trinajstić information content (AvgIpc) is 2.87. The second kappa shape index (κ2) is 6.97. The number of ether oxygens (including phenoxy) is 1. The van der Waals surface area contributed by atoms with Gasteiger partial charge in [-0.2, -0.15) is 0 Å². The van der Waals surface area contributed by atoms with Crippen molar-refractivity contribution < 1.29 is 14.3 Å². The molecule has 2 aliphatic rings. The van der Waals surface area contributed by atoms with Crippen LogP contribution in [-0.4, -0.2) is 42.3 Å². The molecule has 2 amide bonds. The molecule has 1 aromatic carbocycles. The molecule has 0 aliphatic carbocycles. The fraction of sp³-hybridized carbons (Fsp3) is 0.429. The third-order valence-electron chi connectivity index (χ3n) is 5.39. The molecule has 0 bridgehead atoms. The first-order valence-electron chi connectivity index (χ1n) is 8.84. The summed E-state index contributed by atoms with van der Waals surface area (Å²) < 4.78 is 5.59. The molecule has 6 heteroatoms. The lowest BCUT2D eigenvalue weighted by atomic mass is 9.80.